The smallest absolute Gasteiger partial charge is 0.255 e. The molecule has 1 aliphatic heterocycles. The Bertz CT molecular complexity index is 478. The molecule has 1 aliphatic rings. The Hall–Kier alpha value is -1.62. The number of benzene rings is 1. The van der Waals surface area contributed by atoms with Crippen LogP contribution in [0.25, 0.3) is 0 Å². The molecule has 1 saturated heterocycles. The number of likely N-dealkylation sites (tertiary alicyclic amines) is 1. The Balaban J connectivity index is 2.08. The Kier molecular flexibility index (Phi) is 4.04. The van der Waals surface area contributed by atoms with Crippen molar-refractivity contribution in [1.82, 2.24) is 9.80 Å². The topological polar surface area (TPSA) is 49.6 Å². The lowest BCUT2D eigenvalue weighted by molar-refractivity contribution is 0.0762. The van der Waals surface area contributed by atoms with Crippen molar-refractivity contribution in [2.24, 2.45) is 0 Å². The van der Waals surface area contributed by atoms with Crippen molar-refractivity contribution >= 4 is 11.6 Å². The first-order chi connectivity index (χ1) is 9.00. The number of hydrogen-bond acceptors (Lipinski definition) is 3. The van der Waals surface area contributed by atoms with E-state index in [1.54, 1.807) is 18.0 Å². The molecule has 104 valence electrons. The second kappa shape index (κ2) is 5.57. The second-order valence-corrected chi connectivity index (χ2v) is 5.16. The minimum atomic E-state index is -0.544. The third-order valence-electron chi connectivity index (χ3n) is 3.79. The number of carbonyl (C=O) groups excluding carboxylic acids is 1. The molecule has 4 nitrogen and oxygen atoms in total. The Labute approximate surface area is 113 Å². The molecule has 0 radical (unpaired) electrons. The summed E-state index contributed by atoms with van der Waals surface area (Å²) >= 11 is 0. The molecule has 0 spiro atoms. The number of nitrogen functional groups attached to an aromatic ring is 1. The summed E-state index contributed by atoms with van der Waals surface area (Å²) in [5.74, 6) is -0.769. The minimum absolute atomic E-state index is 0.0703. The van der Waals surface area contributed by atoms with Crippen LogP contribution in [0.15, 0.2) is 18.2 Å². The highest BCUT2D eigenvalue weighted by Crippen LogP contribution is 2.20. The SMILES string of the molecule is CN(CC1CCCN1C)C(=O)c1cccc(F)c1N. The molecule has 1 aromatic carbocycles. The van der Waals surface area contributed by atoms with Gasteiger partial charge in [-0.1, -0.05) is 6.07 Å². The highest BCUT2D eigenvalue weighted by Gasteiger charge is 2.25. The van der Waals surface area contributed by atoms with Crippen LogP contribution in [0, 0.1) is 5.82 Å². The number of anilines is 1. The molecule has 5 heteroatoms. The van der Waals surface area contributed by atoms with Gasteiger partial charge in [-0.05, 0) is 38.6 Å². The maximum atomic E-state index is 13.4. The maximum absolute atomic E-state index is 13.4. The first kappa shape index (κ1) is 13.8. The van der Waals surface area contributed by atoms with Crippen molar-refractivity contribution in [2.75, 3.05) is 32.9 Å². The molecule has 1 unspecified atom stereocenters. The average Bonchev–Trinajstić information content (AvgIpc) is 2.77. The number of halogens is 1. The van der Waals surface area contributed by atoms with Gasteiger partial charge in [-0.25, -0.2) is 4.39 Å². The maximum Gasteiger partial charge on any atom is 0.255 e. The molecule has 1 atom stereocenters. The van der Waals surface area contributed by atoms with Gasteiger partial charge in [0.2, 0.25) is 0 Å². The number of likely N-dealkylation sites (N-methyl/N-ethyl adjacent to an activating group) is 2. The highest BCUT2D eigenvalue weighted by atomic mass is 19.1. The largest absolute Gasteiger partial charge is 0.396 e. The number of hydrogen-bond donors (Lipinski definition) is 1. The highest BCUT2D eigenvalue weighted by molar-refractivity contribution is 5.99. The van der Waals surface area contributed by atoms with Gasteiger partial charge >= 0.3 is 0 Å². The molecule has 1 amide bonds. The summed E-state index contributed by atoms with van der Waals surface area (Å²) in [6.07, 6.45) is 2.25. The minimum Gasteiger partial charge on any atom is -0.396 e. The van der Waals surface area contributed by atoms with E-state index in [0.29, 0.717) is 12.6 Å². The number of rotatable bonds is 3. The molecule has 2 N–H and O–H groups in total. The lowest BCUT2D eigenvalue weighted by Gasteiger charge is -2.26. The third-order valence-corrected chi connectivity index (χ3v) is 3.79. The van der Waals surface area contributed by atoms with E-state index >= 15 is 0 Å². The van der Waals surface area contributed by atoms with Crippen molar-refractivity contribution in [3.05, 3.63) is 29.6 Å². The van der Waals surface area contributed by atoms with E-state index in [2.05, 4.69) is 11.9 Å². The number of nitrogens with zero attached hydrogens (tertiary/aromatic N) is 2. The van der Waals surface area contributed by atoms with E-state index in [0.717, 1.165) is 19.4 Å². The fraction of sp³-hybridized carbons (Fsp3) is 0.500. The third kappa shape index (κ3) is 2.87. The molecule has 1 heterocycles. The average molecular weight is 265 g/mol. The van der Waals surface area contributed by atoms with Crippen molar-refractivity contribution in [2.45, 2.75) is 18.9 Å². The van der Waals surface area contributed by atoms with Crippen LogP contribution in [0.2, 0.25) is 0 Å². The number of nitrogens with two attached hydrogens (primary N) is 1. The van der Waals surface area contributed by atoms with E-state index in [4.69, 9.17) is 5.73 Å². The molecule has 19 heavy (non-hydrogen) atoms. The van der Waals surface area contributed by atoms with Crippen LogP contribution in [-0.2, 0) is 0 Å². The van der Waals surface area contributed by atoms with Gasteiger partial charge in [0, 0.05) is 19.6 Å². The molecule has 0 bridgehead atoms. The van der Waals surface area contributed by atoms with E-state index in [1.165, 1.54) is 12.1 Å². The van der Waals surface area contributed by atoms with Gasteiger partial charge in [0.1, 0.15) is 5.82 Å². The Morgan fingerprint density at radius 2 is 2.32 bits per heavy atom. The zero-order chi connectivity index (χ0) is 14.0. The van der Waals surface area contributed by atoms with Gasteiger partial charge in [-0.15, -0.1) is 0 Å². The predicted octanol–water partition coefficient (Wildman–Crippen LogP) is 1.57. The summed E-state index contributed by atoms with van der Waals surface area (Å²) in [6, 6.07) is 4.71. The van der Waals surface area contributed by atoms with Crippen LogP contribution in [0.4, 0.5) is 10.1 Å². The van der Waals surface area contributed by atoms with Crippen LogP contribution in [0.1, 0.15) is 23.2 Å². The van der Waals surface area contributed by atoms with Crippen molar-refractivity contribution < 1.29 is 9.18 Å². The fourth-order valence-electron chi connectivity index (χ4n) is 2.54. The van der Waals surface area contributed by atoms with Crippen LogP contribution < -0.4 is 5.73 Å². The zero-order valence-corrected chi connectivity index (χ0v) is 11.4. The summed E-state index contributed by atoms with van der Waals surface area (Å²) < 4.78 is 13.4. The van der Waals surface area contributed by atoms with Crippen molar-refractivity contribution in [3.8, 4) is 0 Å². The van der Waals surface area contributed by atoms with E-state index in [1.807, 2.05) is 0 Å². The Morgan fingerprint density at radius 3 is 2.95 bits per heavy atom. The van der Waals surface area contributed by atoms with Crippen molar-refractivity contribution in [3.63, 3.8) is 0 Å². The number of para-hydroxylation sites is 1. The normalized spacial score (nSPS) is 19.6. The number of carbonyl (C=O) groups is 1. The molecule has 1 aromatic rings. The molecule has 1 fully saturated rings. The molecule has 0 aliphatic carbocycles. The first-order valence-electron chi connectivity index (χ1n) is 6.50. The molecule has 2 rings (SSSR count). The zero-order valence-electron chi connectivity index (χ0n) is 11.4. The van der Waals surface area contributed by atoms with Gasteiger partial charge < -0.3 is 15.5 Å². The van der Waals surface area contributed by atoms with Gasteiger partial charge in [-0.2, -0.15) is 0 Å². The van der Waals surface area contributed by atoms with E-state index < -0.39 is 5.82 Å². The molecule has 0 saturated carbocycles. The Morgan fingerprint density at radius 1 is 1.58 bits per heavy atom. The monoisotopic (exact) mass is 265 g/mol. The summed E-state index contributed by atoms with van der Waals surface area (Å²) in [5, 5.41) is 0. The molecular formula is C14H20FN3O. The fourth-order valence-corrected chi connectivity index (χ4v) is 2.54. The second-order valence-electron chi connectivity index (χ2n) is 5.16. The molecule has 0 aromatic heterocycles. The van der Waals surface area contributed by atoms with Crippen LogP contribution in [0.5, 0.6) is 0 Å². The van der Waals surface area contributed by atoms with Gasteiger partial charge in [0.25, 0.3) is 5.91 Å². The lowest BCUT2D eigenvalue weighted by Crippen LogP contribution is -2.39. The molecular weight excluding hydrogens is 245 g/mol. The van der Waals surface area contributed by atoms with Gasteiger partial charge in [0.05, 0.1) is 11.3 Å². The van der Waals surface area contributed by atoms with Crippen LogP contribution in [0.3, 0.4) is 0 Å². The first-order valence-corrected chi connectivity index (χ1v) is 6.50. The lowest BCUT2D eigenvalue weighted by atomic mass is 10.1. The summed E-state index contributed by atoms with van der Waals surface area (Å²) in [5.41, 5.74) is 5.79. The van der Waals surface area contributed by atoms with E-state index in [-0.39, 0.29) is 17.2 Å². The summed E-state index contributed by atoms with van der Waals surface area (Å²) in [7, 11) is 3.80. The summed E-state index contributed by atoms with van der Waals surface area (Å²) in [6.45, 7) is 1.71. The van der Waals surface area contributed by atoms with E-state index in [9.17, 15) is 9.18 Å². The van der Waals surface area contributed by atoms with Gasteiger partial charge in [-0.3, -0.25) is 4.79 Å². The number of amides is 1. The van der Waals surface area contributed by atoms with Crippen LogP contribution in [-0.4, -0.2) is 48.9 Å². The van der Waals surface area contributed by atoms with Gasteiger partial charge in [0.15, 0.2) is 0 Å². The standard InChI is InChI=1S/C14H20FN3O/c1-17-8-4-5-10(17)9-18(2)14(19)11-6-3-7-12(15)13(11)16/h3,6-7,10H,4-5,8-9,16H2,1-2H3. The van der Waals surface area contributed by atoms with Crippen LogP contribution >= 0.6 is 0 Å². The van der Waals surface area contributed by atoms with Crippen molar-refractivity contribution in [1.29, 1.82) is 0 Å². The summed E-state index contributed by atoms with van der Waals surface area (Å²) in [4.78, 5) is 16.1. The predicted molar refractivity (Wildman–Crippen MR) is 73.4 cm³/mol. The quantitative estimate of drug-likeness (QED) is 0.844.